The van der Waals surface area contributed by atoms with Crippen molar-refractivity contribution in [1.29, 1.82) is 0 Å². The van der Waals surface area contributed by atoms with Crippen molar-refractivity contribution >= 4 is 11.6 Å². The molecule has 2 aromatic heterocycles. The molecule has 3 aromatic rings. The van der Waals surface area contributed by atoms with E-state index in [2.05, 4.69) is 29.0 Å². The lowest BCUT2D eigenvalue weighted by Gasteiger charge is -2.30. The number of amides is 1. The van der Waals surface area contributed by atoms with E-state index in [1.165, 1.54) is 0 Å². The largest absolute Gasteiger partial charge is 0.341 e. The quantitative estimate of drug-likeness (QED) is 0.701. The molecule has 0 aliphatic carbocycles. The Balaban J connectivity index is 1.49. The Morgan fingerprint density at radius 3 is 2.57 bits per heavy atom. The van der Waals surface area contributed by atoms with Crippen LogP contribution in [-0.4, -0.2) is 64.0 Å². The number of pyridine rings is 1. The van der Waals surface area contributed by atoms with Crippen molar-refractivity contribution in [2.24, 2.45) is 5.41 Å². The van der Waals surface area contributed by atoms with Gasteiger partial charge in [-0.1, -0.05) is 19.1 Å². The molecule has 3 heterocycles. The molecule has 0 N–H and O–H groups in total. The summed E-state index contributed by atoms with van der Waals surface area (Å²) in [4.78, 5) is 21.4. The molecule has 1 fully saturated rings. The van der Waals surface area contributed by atoms with Crippen molar-refractivity contribution in [3.05, 3.63) is 54.0 Å². The highest BCUT2D eigenvalue weighted by molar-refractivity contribution is 5.94. The highest BCUT2D eigenvalue weighted by Crippen LogP contribution is 2.30. The molecule has 1 aliphatic rings. The lowest BCUT2D eigenvalue weighted by molar-refractivity contribution is 0.0730. The molecule has 1 saturated heterocycles. The summed E-state index contributed by atoms with van der Waals surface area (Å²) in [6, 6.07) is 11.8. The zero-order chi connectivity index (χ0) is 19.9. The highest BCUT2D eigenvalue weighted by Gasteiger charge is 2.34. The summed E-state index contributed by atoms with van der Waals surface area (Å²) < 4.78 is 1.79. The van der Waals surface area contributed by atoms with Gasteiger partial charge in [0.25, 0.3) is 5.91 Å². The van der Waals surface area contributed by atoms with Crippen LogP contribution in [0.15, 0.2) is 42.6 Å². The molecule has 0 spiro atoms. The zero-order valence-corrected chi connectivity index (χ0v) is 17.0. The molecular weight excluding hydrogens is 350 g/mol. The Labute approximate surface area is 165 Å². The molecule has 6 heteroatoms. The van der Waals surface area contributed by atoms with Crippen molar-refractivity contribution in [3.63, 3.8) is 0 Å². The Morgan fingerprint density at radius 2 is 1.89 bits per heavy atom. The van der Waals surface area contributed by atoms with E-state index in [-0.39, 0.29) is 11.3 Å². The number of hydrogen-bond acceptors (Lipinski definition) is 4. The normalized spacial score (nSPS) is 20.0. The summed E-state index contributed by atoms with van der Waals surface area (Å²) in [5, 5.41) is 4.37. The van der Waals surface area contributed by atoms with Crippen molar-refractivity contribution in [1.82, 2.24) is 24.4 Å². The van der Waals surface area contributed by atoms with Gasteiger partial charge in [0.15, 0.2) is 5.65 Å². The topological polar surface area (TPSA) is 53.7 Å². The smallest absolute Gasteiger partial charge is 0.253 e. The maximum Gasteiger partial charge on any atom is 0.253 e. The molecule has 1 aliphatic heterocycles. The van der Waals surface area contributed by atoms with Crippen molar-refractivity contribution in [2.75, 3.05) is 33.7 Å². The number of aryl methyl sites for hydroxylation is 1. The minimum atomic E-state index is 0.0738. The van der Waals surface area contributed by atoms with Gasteiger partial charge >= 0.3 is 0 Å². The maximum absolute atomic E-state index is 12.9. The molecular formula is C22H27N5O. The van der Waals surface area contributed by atoms with Crippen LogP contribution >= 0.6 is 0 Å². The fourth-order valence-corrected chi connectivity index (χ4v) is 4.23. The first-order chi connectivity index (χ1) is 13.3. The molecule has 6 nitrogen and oxygen atoms in total. The number of hydrogen-bond donors (Lipinski definition) is 0. The van der Waals surface area contributed by atoms with Crippen LogP contribution < -0.4 is 0 Å². The number of aromatic nitrogens is 3. The number of nitrogens with zero attached hydrogens (tertiary/aromatic N) is 5. The summed E-state index contributed by atoms with van der Waals surface area (Å²) in [5.41, 5.74) is 3.83. The molecule has 0 radical (unpaired) electrons. The first-order valence-corrected chi connectivity index (χ1v) is 9.70. The van der Waals surface area contributed by atoms with Crippen LogP contribution in [0.3, 0.4) is 0 Å². The molecule has 4 rings (SSSR count). The van der Waals surface area contributed by atoms with E-state index in [1.807, 2.05) is 61.5 Å². The van der Waals surface area contributed by atoms with Gasteiger partial charge in [-0.25, -0.2) is 9.50 Å². The molecule has 1 atom stereocenters. The number of carbonyl (C=O) groups is 1. The number of likely N-dealkylation sites (tertiary alicyclic amines) is 1. The minimum Gasteiger partial charge on any atom is -0.341 e. The van der Waals surface area contributed by atoms with Gasteiger partial charge in [-0.05, 0) is 62.2 Å². The third-order valence-corrected chi connectivity index (χ3v) is 5.62. The summed E-state index contributed by atoms with van der Waals surface area (Å²) >= 11 is 0. The van der Waals surface area contributed by atoms with E-state index in [1.54, 1.807) is 4.52 Å². The molecule has 1 amide bonds. The van der Waals surface area contributed by atoms with Crippen LogP contribution in [0.25, 0.3) is 16.8 Å². The number of fused-ring (bicyclic) bond motifs is 1. The van der Waals surface area contributed by atoms with Crippen molar-refractivity contribution < 1.29 is 4.79 Å². The second-order valence-corrected chi connectivity index (χ2v) is 8.42. The summed E-state index contributed by atoms with van der Waals surface area (Å²) in [5.74, 6) is 0.827. The van der Waals surface area contributed by atoms with Crippen LogP contribution in [0.4, 0.5) is 0 Å². The standard InChI is InChI=1S/C22H27N5O/c1-16-23-20-10-9-19(13-27(20)24-16)17-5-7-18(8-6-17)21(28)26(4)15-22(2)11-12-25(3)14-22/h5-10,13H,11-12,14-15H2,1-4H3/t22-/m1/s1. The van der Waals surface area contributed by atoms with Gasteiger partial charge < -0.3 is 9.80 Å². The number of rotatable bonds is 4. The first-order valence-electron chi connectivity index (χ1n) is 9.70. The predicted molar refractivity (Wildman–Crippen MR) is 110 cm³/mol. The lowest BCUT2D eigenvalue weighted by Crippen LogP contribution is -2.38. The lowest BCUT2D eigenvalue weighted by atomic mass is 9.89. The third-order valence-electron chi connectivity index (χ3n) is 5.62. The van der Waals surface area contributed by atoms with Crippen LogP contribution in [0.1, 0.15) is 29.5 Å². The fraction of sp³-hybridized carbons (Fsp3) is 0.409. The van der Waals surface area contributed by atoms with E-state index in [9.17, 15) is 4.79 Å². The SMILES string of the molecule is Cc1nc2ccc(-c3ccc(C(=O)N(C)C[C@]4(C)CCN(C)C4)cc3)cn2n1. The third kappa shape index (κ3) is 3.64. The van der Waals surface area contributed by atoms with E-state index in [4.69, 9.17) is 0 Å². The van der Waals surface area contributed by atoms with E-state index < -0.39 is 0 Å². The van der Waals surface area contributed by atoms with E-state index in [0.717, 1.165) is 54.2 Å². The second-order valence-electron chi connectivity index (χ2n) is 8.42. The Hall–Kier alpha value is -2.73. The Bertz CT molecular complexity index is 1010. The molecule has 146 valence electrons. The minimum absolute atomic E-state index is 0.0738. The van der Waals surface area contributed by atoms with E-state index >= 15 is 0 Å². The van der Waals surface area contributed by atoms with Gasteiger partial charge in [-0.3, -0.25) is 4.79 Å². The molecule has 28 heavy (non-hydrogen) atoms. The number of carbonyl (C=O) groups excluding carboxylic acids is 1. The van der Waals surface area contributed by atoms with Gasteiger partial charge in [0, 0.05) is 37.5 Å². The van der Waals surface area contributed by atoms with Crippen LogP contribution in [-0.2, 0) is 0 Å². The van der Waals surface area contributed by atoms with Crippen LogP contribution in [0.2, 0.25) is 0 Å². The Kier molecular flexibility index (Phi) is 4.67. The van der Waals surface area contributed by atoms with Gasteiger partial charge in [0.05, 0.1) is 0 Å². The molecule has 0 saturated carbocycles. The maximum atomic E-state index is 12.9. The van der Waals surface area contributed by atoms with Gasteiger partial charge in [0.2, 0.25) is 0 Å². The van der Waals surface area contributed by atoms with Gasteiger partial charge in [0.1, 0.15) is 5.82 Å². The first kappa shape index (κ1) is 18.6. The molecule has 1 aromatic carbocycles. The summed E-state index contributed by atoms with van der Waals surface area (Å²) in [6.45, 7) is 7.07. The van der Waals surface area contributed by atoms with Crippen molar-refractivity contribution in [2.45, 2.75) is 20.3 Å². The van der Waals surface area contributed by atoms with E-state index in [0.29, 0.717) is 0 Å². The Morgan fingerprint density at radius 1 is 1.18 bits per heavy atom. The fourth-order valence-electron chi connectivity index (χ4n) is 4.23. The zero-order valence-electron chi connectivity index (χ0n) is 17.0. The highest BCUT2D eigenvalue weighted by atomic mass is 16.2. The molecule has 0 unspecified atom stereocenters. The van der Waals surface area contributed by atoms with Gasteiger partial charge in [-0.2, -0.15) is 5.10 Å². The van der Waals surface area contributed by atoms with Crippen molar-refractivity contribution in [3.8, 4) is 11.1 Å². The number of benzene rings is 1. The average Bonchev–Trinajstić information content (AvgIpc) is 3.21. The predicted octanol–water partition coefficient (Wildman–Crippen LogP) is 3.12. The van der Waals surface area contributed by atoms with Gasteiger partial charge in [-0.15, -0.1) is 0 Å². The summed E-state index contributed by atoms with van der Waals surface area (Å²) in [6.07, 6.45) is 3.10. The monoisotopic (exact) mass is 377 g/mol. The summed E-state index contributed by atoms with van der Waals surface area (Å²) in [7, 11) is 4.05. The molecule has 0 bridgehead atoms. The average molecular weight is 377 g/mol. The van der Waals surface area contributed by atoms with Crippen LogP contribution in [0, 0.1) is 12.3 Å². The second kappa shape index (κ2) is 7.02. The van der Waals surface area contributed by atoms with Crippen LogP contribution in [0.5, 0.6) is 0 Å².